The van der Waals surface area contributed by atoms with Gasteiger partial charge >= 0.3 is 0 Å². The lowest BCUT2D eigenvalue weighted by molar-refractivity contribution is 0.610. The third-order valence-electron chi connectivity index (χ3n) is 2.94. The van der Waals surface area contributed by atoms with E-state index in [0.717, 1.165) is 5.56 Å². The van der Waals surface area contributed by atoms with Gasteiger partial charge < -0.3 is 16.0 Å². The predicted octanol–water partition coefficient (Wildman–Crippen LogP) is 1.54. The number of aromatic nitrogens is 2. The Labute approximate surface area is 116 Å². The van der Waals surface area contributed by atoms with Crippen LogP contribution in [0.1, 0.15) is 23.9 Å². The van der Waals surface area contributed by atoms with Gasteiger partial charge in [-0.25, -0.2) is 9.37 Å². The van der Waals surface area contributed by atoms with E-state index in [1.54, 1.807) is 12.1 Å². The highest BCUT2D eigenvalue weighted by atomic mass is 19.1. The number of nitrogens with zero attached hydrogens (tertiary/aromatic N) is 1. The SMILES string of the molecule is CCc1nc(NCc2ccc(CN)cc2F)cc(=O)[nH]1. The van der Waals surface area contributed by atoms with Crippen LogP contribution < -0.4 is 16.6 Å². The van der Waals surface area contributed by atoms with E-state index in [9.17, 15) is 9.18 Å². The Bertz CT molecular complexity index is 654. The molecule has 0 aliphatic carbocycles. The molecule has 2 aromatic rings. The standard InChI is InChI=1S/C14H17FN4O/c1-2-12-18-13(6-14(20)19-12)17-8-10-4-3-9(7-16)5-11(10)15/h3-6H,2,7-8,16H2,1H3,(H2,17,18,19,20). The fraction of sp³-hybridized carbons (Fsp3) is 0.286. The zero-order valence-electron chi connectivity index (χ0n) is 11.2. The average molecular weight is 276 g/mol. The van der Waals surface area contributed by atoms with Crippen molar-refractivity contribution in [3.8, 4) is 0 Å². The Morgan fingerprint density at radius 2 is 2.20 bits per heavy atom. The molecular formula is C14H17FN4O. The molecule has 4 N–H and O–H groups in total. The first kappa shape index (κ1) is 14.2. The van der Waals surface area contributed by atoms with Crippen molar-refractivity contribution in [2.45, 2.75) is 26.4 Å². The maximum Gasteiger partial charge on any atom is 0.252 e. The van der Waals surface area contributed by atoms with Gasteiger partial charge in [0.25, 0.3) is 5.56 Å². The van der Waals surface area contributed by atoms with Gasteiger partial charge in [-0.2, -0.15) is 0 Å². The summed E-state index contributed by atoms with van der Waals surface area (Å²) in [4.78, 5) is 18.3. The number of hydrogen-bond acceptors (Lipinski definition) is 4. The number of benzene rings is 1. The summed E-state index contributed by atoms with van der Waals surface area (Å²) in [6.45, 7) is 2.46. The molecule has 0 fully saturated rings. The average Bonchev–Trinajstić information content (AvgIpc) is 2.45. The second-order valence-corrected chi connectivity index (χ2v) is 4.41. The van der Waals surface area contributed by atoms with Crippen LogP contribution in [0, 0.1) is 5.82 Å². The van der Waals surface area contributed by atoms with Crippen LogP contribution in [0.4, 0.5) is 10.2 Å². The molecule has 1 heterocycles. The summed E-state index contributed by atoms with van der Waals surface area (Å²) in [6, 6.07) is 6.23. The summed E-state index contributed by atoms with van der Waals surface area (Å²) in [5.74, 6) is 0.716. The fourth-order valence-corrected chi connectivity index (χ4v) is 1.81. The van der Waals surface area contributed by atoms with Crippen LogP contribution in [0.25, 0.3) is 0 Å². The summed E-state index contributed by atoms with van der Waals surface area (Å²) < 4.78 is 13.8. The molecule has 0 amide bonds. The molecule has 1 aromatic carbocycles. The molecule has 5 nitrogen and oxygen atoms in total. The first-order valence-electron chi connectivity index (χ1n) is 6.44. The predicted molar refractivity (Wildman–Crippen MR) is 75.9 cm³/mol. The third kappa shape index (κ3) is 3.42. The van der Waals surface area contributed by atoms with Gasteiger partial charge in [-0.1, -0.05) is 19.1 Å². The van der Waals surface area contributed by atoms with Gasteiger partial charge in [-0.05, 0) is 11.6 Å². The van der Waals surface area contributed by atoms with Crippen molar-refractivity contribution in [2.24, 2.45) is 5.73 Å². The number of nitrogens with two attached hydrogens (primary N) is 1. The molecule has 0 spiro atoms. The maximum atomic E-state index is 13.8. The van der Waals surface area contributed by atoms with Gasteiger partial charge in [0.1, 0.15) is 17.5 Å². The van der Waals surface area contributed by atoms with Gasteiger partial charge in [-0.15, -0.1) is 0 Å². The number of anilines is 1. The van der Waals surface area contributed by atoms with Crippen LogP contribution in [0.5, 0.6) is 0 Å². The molecule has 106 valence electrons. The van der Waals surface area contributed by atoms with Crippen molar-refractivity contribution in [3.05, 3.63) is 57.4 Å². The molecule has 0 atom stereocenters. The largest absolute Gasteiger partial charge is 0.366 e. The molecule has 6 heteroatoms. The second kappa shape index (κ2) is 6.29. The van der Waals surface area contributed by atoms with E-state index < -0.39 is 0 Å². The molecule has 0 radical (unpaired) electrons. The quantitative estimate of drug-likeness (QED) is 0.773. The van der Waals surface area contributed by atoms with E-state index in [1.807, 2.05) is 6.92 Å². The van der Waals surface area contributed by atoms with Crippen LogP contribution in [0.2, 0.25) is 0 Å². The molecule has 0 saturated heterocycles. The molecule has 0 aliphatic rings. The van der Waals surface area contributed by atoms with E-state index in [0.29, 0.717) is 30.2 Å². The number of hydrogen-bond donors (Lipinski definition) is 3. The summed E-state index contributed by atoms with van der Waals surface area (Å²) in [7, 11) is 0. The molecule has 1 aromatic heterocycles. The highest BCUT2D eigenvalue weighted by Gasteiger charge is 2.05. The molecule has 0 saturated carbocycles. The zero-order valence-corrected chi connectivity index (χ0v) is 11.2. The van der Waals surface area contributed by atoms with E-state index in [-0.39, 0.29) is 17.9 Å². The number of H-pyrrole nitrogens is 1. The number of halogens is 1. The summed E-state index contributed by atoms with van der Waals surface area (Å²) in [5, 5.41) is 2.95. The smallest absolute Gasteiger partial charge is 0.252 e. The van der Waals surface area contributed by atoms with E-state index in [1.165, 1.54) is 12.1 Å². The fourth-order valence-electron chi connectivity index (χ4n) is 1.81. The van der Waals surface area contributed by atoms with E-state index >= 15 is 0 Å². The lowest BCUT2D eigenvalue weighted by atomic mass is 10.1. The summed E-state index contributed by atoms with van der Waals surface area (Å²) in [5.41, 5.74) is 6.47. The van der Waals surface area contributed by atoms with Crippen LogP contribution in [-0.2, 0) is 19.5 Å². The van der Waals surface area contributed by atoms with E-state index in [4.69, 9.17) is 5.73 Å². The maximum absolute atomic E-state index is 13.8. The highest BCUT2D eigenvalue weighted by molar-refractivity contribution is 5.35. The van der Waals surface area contributed by atoms with Crippen LogP contribution in [0.3, 0.4) is 0 Å². The van der Waals surface area contributed by atoms with Crippen molar-refractivity contribution in [1.82, 2.24) is 9.97 Å². The first-order valence-corrected chi connectivity index (χ1v) is 6.44. The lowest BCUT2D eigenvalue weighted by Gasteiger charge is -2.08. The Kier molecular flexibility index (Phi) is 4.47. The third-order valence-corrected chi connectivity index (χ3v) is 2.94. The van der Waals surface area contributed by atoms with E-state index in [2.05, 4.69) is 15.3 Å². The molecular weight excluding hydrogens is 259 g/mol. The minimum absolute atomic E-state index is 0.224. The second-order valence-electron chi connectivity index (χ2n) is 4.41. The Morgan fingerprint density at radius 3 is 2.85 bits per heavy atom. The Hall–Kier alpha value is -2.21. The van der Waals surface area contributed by atoms with Gasteiger partial charge in [-0.3, -0.25) is 4.79 Å². The number of aromatic amines is 1. The van der Waals surface area contributed by atoms with Crippen molar-refractivity contribution >= 4 is 5.82 Å². The summed E-state index contributed by atoms with van der Waals surface area (Å²) in [6.07, 6.45) is 0.629. The van der Waals surface area contributed by atoms with Gasteiger partial charge in [0, 0.05) is 31.1 Å². The minimum Gasteiger partial charge on any atom is -0.366 e. The number of rotatable bonds is 5. The minimum atomic E-state index is -0.319. The van der Waals surface area contributed by atoms with Crippen molar-refractivity contribution < 1.29 is 4.39 Å². The number of nitrogens with one attached hydrogen (secondary N) is 2. The monoisotopic (exact) mass is 276 g/mol. The van der Waals surface area contributed by atoms with Crippen LogP contribution >= 0.6 is 0 Å². The molecule has 0 bridgehead atoms. The zero-order chi connectivity index (χ0) is 14.5. The van der Waals surface area contributed by atoms with Crippen LogP contribution in [0.15, 0.2) is 29.1 Å². The van der Waals surface area contributed by atoms with Crippen molar-refractivity contribution in [1.29, 1.82) is 0 Å². The lowest BCUT2D eigenvalue weighted by Crippen LogP contribution is -2.13. The first-order chi connectivity index (χ1) is 9.62. The van der Waals surface area contributed by atoms with Gasteiger partial charge in [0.05, 0.1) is 0 Å². The van der Waals surface area contributed by atoms with Gasteiger partial charge in [0.2, 0.25) is 0 Å². The highest BCUT2D eigenvalue weighted by Crippen LogP contribution is 2.12. The molecule has 0 aliphatic heterocycles. The molecule has 20 heavy (non-hydrogen) atoms. The van der Waals surface area contributed by atoms with Crippen molar-refractivity contribution in [3.63, 3.8) is 0 Å². The normalized spacial score (nSPS) is 10.6. The van der Waals surface area contributed by atoms with Crippen molar-refractivity contribution in [2.75, 3.05) is 5.32 Å². The summed E-state index contributed by atoms with van der Waals surface area (Å²) >= 11 is 0. The Balaban J connectivity index is 2.12. The Morgan fingerprint density at radius 1 is 1.40 bits per heavy atom. The molecule has 0 unspecified atom stereocenters. The molecule has 2 rings (SSSR count). The van der Waals surface area contributed by atoms with Gasteiger partial charge in [0.15, 0.2) is 0 Å². The number of aryl methyl sites for hydroxylation is 1. The topological polar surface area (TPSA) is 83.8 Å². The van der Waals surface area contributed by atoms with Crippen LogP contribution in [-0.4, -0.2) is 9.97 Å².